The van der Waals surface area contributed by atoms with Gasteiger partial charge >= 0.3 is 0 Å². The lowest BCUT2D eigenvalue weighted by molar-refractivity contribution is 0.816. The largest absolute Gasteiger partial charge is 0.383 e. The maximum absolute atomic E-state index is 6.10. The molecule has 0 bridgehead atoms. The Hall–Kier alpha value is -1.77. The fourth-order valence-corrected chi connectivity index (χ4v) is 1.98. The Bertz CT molecular complexity index is 553. The molecule has 0 aliphatic carbocycles. The number of aryl methyl sites for hydroxylation is 3. The van der Waals surface area contributed by atoms with E-state index in [9.17, 15) is 0 Å². The fourth-order valence-electron chi connectivity index (χ4n) is 1.98. The summed E-state index contributed by atoms with van der Waals surface area (Å²) < 4.78 is 1.96. The molecule has 3 nitrogen and oxygen atoms in total. The number of aromatic nitrogens is 2. The zero-order valence-electron chi connectivity index (χ0n) is 10.9. The van der Waals surface area contributed by atoms with Gasteiger partial charge in [0.1, 0.15) is 17.3 Å². The first-order chi connectivity index (χ1) is 8.04. The maximum atomic E-state index is 6.10. The summed E-state index contributed by atoms with van der Waals surface area (Å²) in [4.78, 5) is 4.61. The van der Waals surface area contributed by atoms with Crippen molar-refractivity contribution in [3.05, 3.63) is 35.2 Å². The molecule has 0 radical (unpaired) electrons. The monoisotopic (exact) mass is 229 g/mol. The van der Waals surface area contributed by atoms with Gasteiger partial charge in [0, 0.05) is 19.0 Å². The van der Waals surface area contributed by atoms with Gasteiger partial charge in [-0.3, -0.25) is 0 Å². The number of nitrogen functional groups attached to an aromatic ring is 1. The van der Waals surface area contributed by atoms with E-state index in [-0.39, 0.29) is 0 Å². The molecule has 0 saturated carbocycles. The van der Waals surface area contributed by atoms with Crippen LogP contribution in [0, 0.1) is 13.8 Å². The van der Waals surface area contributed by atoms with Crippen LogP contribution in [-0.2, 0) is 13.5 Å². The molecule has 2 rings (SSSR count). The van der Waals surface area contributed by atoms with Gasteiger partial charge in [-0.25, -0.2) is 4.98 Å². The molecular weight excluding hydrogens is 210 g/mol. The topological polar surface area (TPSA) is 43.8 Å². The van der Waals surface area contributed by atoms with Gasteiger partial charge in [0.25, 0.3) is 0 Å². The Labute approximate surface area is 102 Å². The lowest BCUT2D eigenvalue weighted by atomic mass is 10.0. The van der Waals surface area contributed by atoms with Crippen molar-refractivity contribution in [1.82, 2.24) is 9.55 Å². The van der Waals surface area contributed by atoms with Crippen LogP contribution in [0.15, 0.2) is 18.2 Å². The van der Waals surface area contributed by atoms with Crippen LogP contribution in [0.4, 0.5) is 5.82 Å². The van der Waals surface area contributed by atoms with Crippen LogP contribution >= 0.6 is 0 Å². The second kappa shape index (κ2) is 4.24. The first kappa shape index (κ1) is 11.7. The molecule has 0 spiro atoms. The van der Waals surface area contributed by atoms with E-state index in [4.69, 9.17) is 5.73 Å². The Morgan fingerprint density at radius 2 is 1.94 bits per heavy atom. The number of hydrogen-bond donors (Lipinski definition) is 1. The average molecular weight is 229 g/mol. The highest BCUT2D eigenvalue weighted by Crippen LogP contribution is 2.27. The molecule has 0 aliphatic heterocycles. The number of nitrogens with two attached hydrogens (primary N) is 1. The molecule has 1 aromatic carbocycles. The summed E-state index contributed by atoms with van der Waals surface area (Å²) in [6, 6.07) is 6.35. The summed E-state index contributed by atoms with van der Waals surface area (Å²) >= 11 is 0. The standard InChI is InChI=1S/C14H19N3/c1-5-12-16-13(14(15)17(12)4)11-7-6-9(2)10(3)8-11/h6-8H,5,15H2,1-4H3. The van der Waals surface area contributed by atoms with Gasteiger partial charge in [-0.05, 0) is 31.0 Å². The molecule has 17 heavy (non-hydrogen) atoms. The van der Waals surface area contributed by atoms with Crippen LogP contribution in [0.3, 0.4) is 0 Å². The molecular formula is C14H19N3. The highest BCUT2D eigenvalue weighted by atomic mass is 15.1. The Morgan fingerprint density at radius 3 is 2.47 bits per heavy atom. The third-order valence-electron chi connectivity index (χ3n) is 3.33. The first-order valence-electron chi connectivity index (χ1n) is 5.93. The number of anilines is 1. The Balaban J connectivity index is 2.56. The van der Waals surface area contributed by atoms with Gasteiger partial charge in [0.15, 0.2) is 0 Å². The molecule has 1 aromatic heterocycles. The number of imidazole rings is 1. The van der Waals surface area contributed by atoms with Crippen molar-refractivity contribution in [2.75, 3.05) is 5.73 Å². The van der Waals surface area contributed by atoms with Crippen LogP contribution in [0.2, 0.25) is 0 Å². The van der Waals surface area contributed by atoms with E-state index in [1.54, 1.807) is 0 Å². The van der Waals surface area contributed by atoms with Gasteiger partial charge in [0.2, 0.25) is 0 Å². The van der Waals surface area contributed by atoms with Crippen molar-refractivity contribution in [2.24, 2.45) is 7.05 Å². The summed E-state index contributed by atoms with van der Waals surface area (Å²) in [6.07, 6.45) is 0.894. The first-order valence-corrected chi connectivity index (χ1v) is 5.93. The lowest BCUT2D eigenvalue weighted by Crippen LogP contribution is -2.00. The van der Waals surface area contributed by atoms with E-state index in [1.165, 1.54) is 11.1 Å². The average Bonchev–Trinajstić information content (AvgIpc) is 2.60. The van der Waals surface area contributed by atoms with Crippen LogP contribution in [-0.4, -0.2) is 9.55 Å². The van der Waals surface area contributed by atoms with Crippen molar-refractivity contribution in [2.45, 2.75) is 27.2 Å². The predicted molar refractivity (Wildman–Crippen MR) is 71.9 cm³/mol. The quantitative estimate of drug-likeness (QED) is 0.860. The number of benzene rings is 1. The van der Waals surface area contributed by atoms with Gasteiger partial charge in [-0.15, -0.1) is 0 Å². The molecule has 0 unspecified atom stereocenters. The zero-order chi connectivity index (χ0) is 12.6. The zero-order valence-corrected chi connectivity index (χ0v) is 10.9. The van der Waals surface area contributed by atoms with E-state index in [0.29, 0.717) is 0 Å². The van der Waals surface area contributed by atoms with E-state index in [0.717, 1.165) is 29.3 Å². The Morgan fingerprint density at radius 1 is 1.24 bits per heavy atom. The molecule has 0 saturated heterocycles. The molecule has 0 atom stereocenters. The fraction of sp³-hybridized carbons (Fsp3) is 0.357. The summed E-state index contributed by atoms with van der Waals surface area (Å²) in [5, 5.41) is 0. The number of nitrogens with zero attached hydrogens (tertiary/aromatic N) is 2. The Kier molecular flexibility index (Phi) is 2.92. The highest BCUT2D eigenvalue weighted by molar-refractivity contribution is 5.71. The van der Waals surface area contributed by atoms with Gasteiger partial charge in [-0.2, -0.15) is 0 Å². The van der Waals surface area contributed by atoms with E-state index < -0.39 is 0 Å². The van der Waals surface area contributed by atoms with Crippen LogP contribution in [0.25, 0.3) is 11.3 Å². The van der Waals surface area contributed by atoms with Gasteiger partial charge in [0.05, 0.1) is 0 Å². The second-order valence-electron chi connectivity index (χ2n) is 4.47. The SMILES string of the molecule is CCc1nc(-c2ccc(C)c(C)c2)c(N)n1C. The molecule has 0 aliphatic rings. The van der Waals surface area contributed by atoms with Crippen molar-refractivity contribution >= 4 is 5.82 Å². The predicted octanol–water partition coefficient (Wildman–Crippen LogP) is 2.85. The van der Waals surface area contributed by atoms with Crippen LogP contribution < -0.4 is 5.73 Å². The number of rotatable bonds is 2. The highest BCUT2D eigenvalue weighted by Gasteiger charge is 2.12. The second-order valence-corrected chi connectivity index (χ2v) is 4.47. The third kappa shape index (κ3) is 1.93. The van der Waals surface area contributed by atoms with Crippen molar-refractivity contribution < 1.29 is 0 Å². The summed E-state index contributed by atoms with van der Waals surface area (Å²) in [5.41, 5.74) is 10.7. The van der Waals surface area contributed by atoms with Crippen LogP contribution in [0.1, 0.15) is 23.9 Å². The molecule has 0 fully saturated rings. The maximum Gasteiger partial charge on any atom is 0.131 e. The van der Waals surface area contributed by atoms with Crippen molar-refractivity contribution in [1.29, 1.82) is 0 Å². The third-order valence-corrected chi connectivity index (χ3v) is 3.33. The molecule has 2 N–H and O–H groups in total. The molecule has 90 valence electrons. The molecule has 1 heterocycles. The lowest BCUT2D eigenvalue weighted by Gasteiger charge is -2.04. The van der Waals surface area contributed by atoms with Crippen LogP contribution in [0.5, 0.6) is 0 Å². The minimum absolute atomic E-state index is 0.741. The molecule has 2 aromatic rings. The van der Waals surface area contributed by atoms with Crippen molar-refractivity contribution in [3.8, 4) is 11.3 Å². The summed E-state index contributed by atoms with van der Waals surface area (Å²) in [6.45, 7) is 6.31. The minimum atomic E-state index is 0.741. The van der Waals surface area contributed by atoms with E-state index >= 15 is 0 Å². The number of hydrogen-bond acceptors (Lipinski definition) is 2. The van der Waals surface area contributed by atoms with Crippen molar-refractivity contribution in [3.63, 3.8) is 0 Å². The van der Waals surface area contributed by atoms with Gasteiger partial charge in [-0.1, -0.05) is 19.1 Å². The summed E-state index contributed by atoms with van der Waals surface area (Å²) in [7, 11) is 1.96. The van der Waals surface area contributed by atoms with E-state index in [1.807, 2.05) is 11.6 Å². The van der Waals surface area contributed by atoms with Gasteiger partial charge < -0.3 is 10.3 Å². The van der Waals surface area contributed by atoms with E-state index in [2.05, 4.69) is 44.0 Å². The normalized spacial score (nSPS) is 10.8. The summed E-state index contributed by atoms with van der Waals surface area (Å²) in [5.74, 6) is 1.76. The molecule has 0 amide bonds. The minimum Gasteiger partial charge on any atom is -0.383 e. The smallest absolute Gasteiger partial charge is 0.131 e. The molecule has 3 heteroatoms.